The van der Waals surface area contributed by atoms with Gasteiger partial charge in [-0.3, -0.25) is 4.79 Å². The number of hydrogen-bond donors (Lipinski definition) is 3. The number of carbonyl (C=O) groups is 1. The van der Waals surface area contributed by atoms with E-state index in [1.807, 2.05) is 18.0 Å². The second kappa shape index (κ2) is 5.16. The third-order valence-electron chi connectivity index (χ3n) is 4.47. The number of aliphatic hydroxyl groups is 1. The van der Waals surface area contributed by atoms with Crippen molar-refractivity contribution in [2.24, 2.45) is 5.73 Å². The molecule has 0 bridgehead atoms. The van der Waals surface area contributed by atoms with Crippen LogP contribution in [0.25, 0.3) is 0 Å². The molecule has 21 heavy (non-hydrogen) atoms. The van der Waals surface area contributed by atoms with Crippen LogP contribution in [0, 0.1) is 0 Å². The largest absolute Gasteiger partial charge is 0.388 e. The summed E-state index contributed by atoms with van der Waals surface area (Å²) in [5.74, 6) is -0.213. The fourth-order valence-corrected chi connectivity index (χ4v) is 3.62. The molecule has 0 radical (unpaired) electrons. The summed E-state index contributed by atoms with van der Waals surface area (Å²) in [7, 11) is 1.90. The SMILES string of the molecule is CN(CC1(O)CCCC1)c1cc2c(cc1Cl)C(N)C(=O)N2. The van der Waals surface area contributed by atoms with Crippen LogP contribution in [0.3, 0.4) is 0 Å². The second-order valence-corrected chi connectivity index (χ2v) is 6.55. The molecule has 0 aromatic heterocycles. The highest BCUT2D eigenvalue weighted by atomic mass is 35.5. The molecule has 1 aromatic rings. The van der Waals surface area contributed by atoms with Crippen molar-refractivity contribution >= 4 is 28.9 Å². The Morgan fingerprint density at radius 3 is 2.81 bits per heavy atom. The Balaban J connectivity index is 1.86. The average Bonchev–Trinajstić information content (AvgIpc) is 2.95. The number of nitrogens with one attached hydrogen (secondary N) is 1. The van der Waals surface area contributed by atoms with E-state index in [-0.39, 0.29) is 5.91 Å². The van der Waals surface area contributed by atoms with Gasteiger partial charge in [0.15, 0.2) is 0 Å². The monoisotopic (exact) mass is 309 g/mol. The molecule has 1 heterocycles. The van der Waals surface area contributed by atoms with Crippen LogP contribution in [-0.4, -0.2) is 30.2 Å². The van der Waals surface area contributed by atoms with Gasteiger partial charge < -0.3 is 21.1 Å². The molecule has 1 atom stereocenters. The van der Waals surface area contributed by atoms with Gasteiger partial charge in [0.2, 0.25) is 5.91 Å². The predicted octanol–water partition coefficient (Wildman–Crippen LogP) is 2.03. The first kappa shape index (κ1) is 14.6. The lowest BCUT2D eigenvalue weighted by atomic mass is 10.0. The van der Waals surface area contributed by atoms with Crippen molar-refractivity contribution in [1.82, 2.24) is 0 Å². The number of anilines is 2. The highest BCUT2D eigenvalue weighted by molar-refractivity contribution is 6.33. The minimum Gasteiger partial charge on any atom is -0.388 e. The zero-order chi connectivity index (χ0) is 15.2. The van der Waals surface area contributed by atoms with Crippen molar-refractivity contribution in [3.05, 3.63) is 22.7 Å². The number of benzene rings is 1. The molecule has 4 N–H and O–H groups in total. The topological polar surface area (TPSA) is 78.6 Å². The second-order valence-electron chi connectivity index (χ2n) is 6.15. The number of likely N-dealkylation sites (N-methyl/N-ethyl adjacent to an activating group) is 1. The lowest BCUT2D eigenvalue weighted by Crippen LogP contribution is -2.39. The highest BCUT2D eigenvalue weighted by Crippen LogP contribution is 2.39. The molecular weight excluding hydrogens is 290 g/mol. The van der Waals surface area contributed by atoms with Crippen LogP contribution in [0.15, 0.2) is 12.1 Å². The number of amides is 1. The van der Waals surface area contributed by atoms with Gasteiger partial charge in [-0.05, 0) is 25.0 Å². The van der Waals surface area contributed by atoms with Crippen molar-refractivity contribution in [3.63, 3.8) is 0 Å². The molecule has 6 heteroatoms. The number of rotatable bonds is 3. The molecule has 0 saturated heterocycles. The first-order valence-electron chi connectivity index (χ1n) is 7.23. The lowest BCUT2D eigenvalue weighted by Gasteiger charge is -2.30. The number of nitrogens with zero attached hydrogens (tertiary/aromatic N) is 1. The molecule has 0 spiro atoms. The molecule has 114 valence electrons. The number of nitrogens with two attached hydrogens (primary N) is 1. The molecule has 1 saturated carbocycles. The summed E-state index contributed by atoms with van der Waals surface area (Å²) in [4.78, 5) is 13.6. The van der Waals surface area contributed by atoms with Crippen LogP contribution >= 0.6 is 11.6 Å². The van der Waals surface area contributed by atoms with E-state index in [2.05, 4.69) is 5.32 Å². The summed E-state index contributed by atoms with van der Waals surface area (Å²) in [6, 6.07) is 2.92. The third kappa shape index (κ3) is 2.61. The number of carbonyl (C=O) groups excluding carboxylic acids is 1. The quantitative estimate of drug-likeness (QED) is 0.798. The maximum atomic E-state index is 11.6. The molecule has 2 aliphatic rings. The van der Waals surface area contributed by atoms with Crippen LogP contribution in [0.5, 0.6) is 0 Å². The molecular formula is C15H20ClN3O2. The number of halogens is 1. The summed E-state index contributed by atoms with van der Waals surface area (Å²) < 4.78 is 0. The van der Waals surface area contributed by atoms with Gasteiger partial charge in [0, 0.05) is 24.8 Å². The molecule has 3 rings (SSSR count). The standard InChI is InChI=1S/C15H20ClN3O2/c1-19(8-15(21)4-2-3-5-15)12-7-11-9(6-10(12)16)13(17)14(20)18-11/h6-7,13,21H,2-5,8,17H2,1H3,(H,18,20). The van der Waals surface area contributed by atoms with Gasteiger partial charge in [0.05, 0.1) is 16.3 Å². The minimum absolute atomic E-state index is 0.213. The van der Waals surface area contributed by atoms with Gasteiger partial charge in [-0.2, -0.15) is 0 Å². The van der Waals surface area contributed by atoms with Crippen molar-refractivity contribution in [2.75, 3.05) is 23.8 Å². The van der Waals surface area contributed by atoms with E-state index in [1.165, 1.54) is 0 Å². The third-order valence-corrected chi connectivity index (χ3v) is 4.77. The normalized spacial score (nSPS) is 23.0. The molecule has 1 aliphatic carbocycles. The van der Waals surface area contributed by atoms with E-state index < -0.39 is 11.6 Å². The van der Waals surface area contributed by atoms with E-state index in [0.29, 0.717) is 17.3 Å². The fraction of sp³-hybridized carbons (Fsp3) is 0.533. The first-order chi connectivity index (χ1) is 9.89. The summed E-state index contributed by atoms with van der Waals surface area (Å²) in [5, 5.41) is 13.8. The van der Waals surface area contributed by atoms with E-state index in [9.17, 15) is 9.90 Å². The maximum Gasteiger partial charge on any atom is 0.245 e. The van der Waals surface area contributed by atoms with E-state index in [1.54, 1.807) is 6.07 Å². The number of fused-ring (bicyclic) bond motifs is 1. The van der Waals surface area contributed by atoms with Gasteiger partial charge in [0.1, 0.15) is 6.04 Å². The Hall–Kier alpha value is -1.30. The molecule has 5 nitrogen and oxygen atoms in total. The zero-order valence-corrected chi connectivity index (χ0v) is 12.8. The predicted molar refractivity (Wildman–Crippen MR) is 83.7 cm³/mol. The maximum absolute atomic E-state index is 11.6. The fourth-order valence-electron chi connectivity index (χ4n) is 3.30. The Labute approximate surface area is 129 Å². The zero-order valence-electron chi connectivity index (χ0n) is 12.0. The van der Waals surface area contributed by atoms with Crippen LogP contribution in [0.4, 0.5) is 11.4 Å². The smallest absolute Gasteiger partial charge is 0.245 e. The van der Waals surface area contributed by atoms with Crippen molar-refractivity contribution < 1.29 is 9.90 Å². The molecule has 1 amide bonds. The molecule has 1 aromatic carbocycles. The highest BCUT2D eigenvalue weighted by Gasteiger charge is 2.34. The van der Waals surface area contributed by atoms with E-state index >= 15 is 0 Å². The van der Waals surface area contributed by atoms with Crippen molar-refractivity contribution in [2.45, 2.75) is 37.3 Å². The van der Waals surface area contributed by atoms with Crippen molar-refractivity contribution in [1.29, 1.82) is 0 Å². The number of hydrogen-bond acceptors (Lipinski definition) is 4. The van der Waals surface area contributed by atoms with Gasteiger partial charge in [-0.1, -0.05) is 24.4 Å². The van der Waals surface area contributed by atoms with Crippen LogP contribution in [-0.2, 0) is 4.79 Å². The Bertz CT molecular complexity index is 585. The van der Waals surface area contributed by atoms with Crippen molar-refractivity contribution in [3.8, 4) is 0 Å². The van der Waals surface area contributed by atoms with Gasteiger partial charge >= 0.3 is 0 Å². The van der Waals surface area contributed by atoms with Crippen LogP contribution < -0.4 is 16.0 Å². The van der Waals surface area contributed by atoms with Crippen LogP contribution in [0.1, 0.15) is 37.3 Å². The van der Waals surface area contributed by atoms with E-state index in [0.717, 1.165) is 36.9 Å². The summed E-state index contributed by atoms with van der Waals surface area (Å²) in [6.45, 7) is 0.533. The average molecular weight is 310 g/mol. The Kier molecular flexibility index (Phi) is 3.59. The summed E-state index contributed by atoms with van der Waals surface area (Å²) in [6.07, 6.45) is 3.77. The molecule has 1 unspecified atom stereocenters. The summed E-state index contributed by atoms with van der Waals surface area (Å²) in [5.41, 5.74) is 7.40. The Morgan fingerprint density at radius 1 is 1.48 bits per heavy atom. The Morgan fingerprint density at radius 2 is 2.14 bits per heavy atom. The van der Waals surface area contributed by atoms with Gasteiger partial charge in [-0.25, -0.2) is 0 Å². The van der Waals surface area contributed by atoms with E-state index in [4.69, 9.17) is 17.3 Å². The lowest BCUT2D eigenvalue weighted by molar-refractivity contribution is -0.116. The van der Waals surface area contributed by atoms with Gasteiger partial charge in [-0.15, -0.1) is 0 Å². The molecule has 1 fully saturated rings. The minimum atomic E-state index is -0.657. The first-order valence-corrected chi connectivity index (χ1v) is 7.61. The van der Waals surface area contributed by atoms with Crippen LogP contribution in [0.2, 0.25) is 5.02 Å². The summed E-state index contributed by atoms with van der Waals surface area (Å²) >= 11 is 6.33. The molecule has 1 aliphatic heterocycles. The van der Waals surface area contributed by atoms with Gasteiger partial charge in [0.25, 0.3) is 0 Å².